The Morgan fingerprint density at radius 1 is 1.02 bits per heavy atom. The van der Waals surface area contributed by atoms with Crippen LogP contribution < -0.4 is 0 Å². The Kier molecular flexibility index (Phi) is 8.51. The molecule has 1 aromatic carbocycles. The minimum Gasteiger partial charge on any atom is -0.477 e. The van der Waals surface area contributed by atoms with E-state index in [1.54, 1.807) is 0 Å². The highest BCUT2D eigenvalue weighted by molar-refractivity contribution is 7.17. The molecule has 1 N–H and O–H groups in total. The van der Waals surface area contributed by atoms with E-state index in [1.807, 2.05) is 22.7 Å². The van der Waals surface area contributed by atoms with E-state index in [-0.39, 0.29) is 0 Å². The average Bonchev–Trinajstić information content (AvgIpc) is 3.62. The van der Waals surface area contributed by atoms with Crippen molar-refractivity contribution in [2.45, 2.75) is 85.1 Å². The van der Waals surface area contributed by atoms with E-state index < -0.39 is 5.97 Å². The number of thiophene rings is 1. The second kappa shape index (κ2) is 12.3. The van der Waals surface area contributed by atoms with Gasteiger partial charge in [-0.2, -0.15) is 4.98 Å². The first-order chi connectivity index (χ1) is 20.7. The fourth-order valence-corrected chi connectivity index (χ4v) is 7.75. The van der Waals surface area contributed by atoms with Gasteiger partial charge in [0.2, 0.25) is 0 Å². The number of nitrogens with zero attached hydrogens (tertiary/aromatic N) is 5. The van der Waals surface area contributed by atoms with E-state index in [4.69, 9.17) is 15.1 Å². The lowest BCUT2D eigenvalue weighted by molar-refractivity contribution is 0.0701. The smallest absolute Gasteiger partial charge is 0.346 e. The molecule has 1 aliphatic heterocycles. The molecule has 1 saturated carbocycles. The van der Waals surface area contributed by atoms with Crippen LogP contribution in [-0.2, 0) is 6.54 Å². The van der Waals surface area contributed by atoms with Crippen molar-refractivity contribution in [1.29, 1.82) is 0 Å². The predicted octanol–water partition coefficient (Wildman–Crippen LogP) is 8.28. The minimum absolute atomic E-state index is 0.313. The number of rotatable bonds is 8. The van der Waals surface area contributed by atoms with E-state index in [2.05, 4.69) is 63.8 Å². The first-order valence-electron chi connectivity index (χ1n) is 15.8. The summed E-state index contributed by atoms with van der Waals surface area (Å²) in [6.07, 6.45) is 5.60. The number of aromatic nitrogens is 4. The number of carboxylic acids is 1. The predicted molar refractivity (Wildman–Crippen MR) is 174 cm³/mol. The minimum atomic E-state index is -0.836. The maximum Gasteiger partial charge on any atom is 0.346 e. The lowest BCUT2D eigenvalue weighted by Crippen LogP contribution is -2.34. The van der Waals surface area contributed by atoms with Gasteiger partial charge in [-0.25, -0.2) is 14.3 Å². The van der Waals surface area contributed by atoms with Crippen LogP contribution in [0.15, 0.2) is 48.0 Å². The fourth-order valence-electron chi connectivity index (χ4n) is 6.72. The van der Waals surface area contributed by atoms with Crippen LogP contribution in [0.25, 0.3) is 21.8 Å². The van der Waals surface area contributed by atoms with Crippen LogP contribution in [-0.4, -0.2) is 48.6 Å². The lowest BCUT2D eigenvalue weighted by Gasteiger charge is -2.37. The second-order valence-corrected chi connectivity index (χ2v) is 14.2. The molecule has 0 atom stereocenters. The second-order valence-electron chi connectivity index (χ2n) is 13.1. The average molecular weight is 598 g/mol. The van der Waals surface area contributed by atoms with Crippen LogP contribution in [0.2, 0.25) is 0 Å². The van der Waals surface area contributed by atoms with Crippen molar-refractivity contribution in [3.8, 4) is 10.4 Å². The van der Waals surface area contributed by atoms with Gasteiger partial charge in [0.1, 0.15) is 4.88 Å². The maximum absolute atomic E-state index is 12.5. The zero-order chi connectivity index (χ0) is 30.2. The number of fused-ring (bicyclic) bond motifs is 1. The first-order valence-corrected chi connectivity index (χ1v) is 16.6. The monoisotopic (exact) mass is 597 g/mol. The van der Waals surface area contributed by atoms with E-state index in [9.17, 15) is 9.90 Å². The van der Waals surface area contributed by atoms with Crippen molar-refractivity contribution >= 4 is 28.7 Å². The summed E-state index contributed by atoms with van der Waals surface area (Å²) in [5.74, 6) is 2.50. The summed E-state index contributed by atoms with van der Waals surface area (Å²) in [6.45, 7) is 13.4. The summed E-state index contributed by atoms with van der Waals surface area (Å²) in [5.41, 5.74) is 6.85. The molecule has 0 bridgehead atoms. The van der Waals surface area contributed by atoms with Crippen LogP contribution in [0, 0.1) is 11.8 Å². The Labute approximate surface area is 258 Å². The van der Waals surface area contributed by atoms with Crippen LogP contribution >= 0.6 is 11.3 Å². The highest BCUT2D eigenvalue weighted by Gasteiger charge is 2.32. The molecule has 3 aromatic heterocycles. The van der Waals surface area contributed by atoms with Crippen LogP contribution in [0.5, 0.6) is 0 Å². The summed E-state index contributed by atoms with van der Waals surface area (Å²) < 4.78 is 1.93. The maximum atomic E-state index is 12.5. The number of aromatic carboxylic acids is 1. The van der Waals surface area contributed by atoms with Gasteiger partial charge in [-0.3, -0.25) is 4.90 Å². The molecule has 4 aromatic rings. The Bertz CT molecular complexity index is 1640. The Morgan fingerprint density at radius 2 is 1.77 bits per heavy atom. The van der Waals surface area contributed by atoms with Gasteiger partial charge >= 0.3 is 5.97 Å². The molecule has 6 rings (SSSR count). The third-order valence-electron chi connectivity index (χ3n) is 9.23. The van der Waals surface area contributed by atoms with Gasteiger partial charge in [0.25, 0.3) is 5.78 Å². The third kappa shape index (κ3) is 6.18. The summed E-state index contributed by atoms with van der Waals surface area (Å²) in [5, 5.41) is 15.2. The highest BCUT2D eigenvalue weighted by Crippen LogP contribution is 2.43. The topological polar surface area (TPSA) is 83.6 Å². The Balaban J connectivity index is 1.35. The molecule has 0 saturated heterocycles. The Hall–Kier alpha value is -3.36. The summed E-state index contributed by atoms with van der Waals surface area (Å²) in [7, 11) is 0. The largest absolute Gasteiger partial charge is 0.477 e. The van der Waals surface area contributed by atoms with E-state index >= 15 is 0 Å². The van der Waals surface area contributed by atoms with Crippen molar-refractivity contribution in [2.24, 2.45) is 11.8 Å². The van der Waals surface area contributed by atoms with Crippen molar-refractivity contribution in [3.63, 3.8) is 0 Å². The van der Waals surface area contributed by atoms with Crippen LogP contribution in [0.4, 0.5) is 0 Å². The quantitative estimate of drug-likeness (QED) is 0.220. The van der Waals surface area contributed by atoms with Gasteiger partial charge < -0.3 is 5.11 Å². The molecule has 0 spiro atoms. The van der Waals surface area contributed by atoms with Crippen molar-refractivity contribution in [1.82, 2.24) is 24.5 Å². The van der Waals surface area contributed by atoms with Crippen LogP contribution in [0.3, 0.4) is 0 Å². The van der Waals surface area contributed by atoms with Gasteiger partial charge in [-0.05, 0) is 71.8 Å². The lowest BCUT2D eigenvalue weighted by atomic mass is 9.75. The van der Waals surface area contributed by atoms with Gasteiger partial charge in [-0.15, -0.1) is 16.4 Å². The van der Waals surface area contributed by atoms with Crippen molar-refractivity contribution in [2.75, 3.05) is 13.1 Å². The van der Waals surface area contributed by atoms with Gasteiger partial charge in [-0.1, -0.05) is 77.8 Å². The van der Waals surface area contributed by atoms with Gasteiger partial charge in [0.05, 0.1) is 12.2 Å². The molecular weight excluding hydrogens is 554 g/mol. The molecule has 43 heavy (non-hydrogen) atoms. The molecule has 1 aliphatic carbocycles. The van der Waals surface area contributed by atoms with E-state index in [0.717, 1.165) is 71.5 Å². The summed E-state index contributed by atoms with van der Waals surface area (Å²) in [4.78, 5) is 26.2. The standard InChI is InChI=1S/C35H43N5O2S/c1-21(2)29-18-30(22(3)4)40-35(36-29)37-32(38-40)20-39-16-15-26(28(19-39)24-13-11-23(5)12-14-24)27-17-31(43-33(27)34(41)42)25-9-7-6-8-10-25/h6-10,17-18,21-24H,11-16,19-20H2,1-5H3,(H,41,42). The molecular formula is C35H43N5O2S. The van der Waals surface area contributed by atoms with Gasteiger partial charge in [0, 0.05) is 29.2 Å². The number of carbonyl (C=O) groups is 1. The van der Waals surface area contributed by atoms with Crippen molar-refractivity contribution < 1.29 is 9.90 Å². The van der Waals surface area contributed by atoms with E-state index in [1.165, 1.54) is 35.3 Å². The molecule has 226 valence electrons. The SMILES string of the molecule is CC1CCC(C2=C(c3cc(-c4ccccc4)sc3C(=O)O)CCN(Cc3nc4nc(C(C)C)cc(C(C)C)n4n3)C2)CC1. The molecule has 7 nitrogen and oxygen atoms in total. The number of carboxylic acid groups (broad SMARTS) is 1. The molecule has 0 amide bonds. The van der Waals surface area contributed by atoms with E-state index in [0.29, 0.717) is 35.0 Å². The zero-order valence-electron chi connectivity index (χ0n) is 26.0. The number of hydrogen-bond acceptors (Lipinski definition) is 6. The molecule has 0 radical (unpaired) electrons. The normalized spacial score (nSPS) is 20.1. The highest BCUT2D eigenvalue weighted by atomic mass is 32.1. The number of hydrogen-bond donors (Lipinski definition) is 1. The molecule has 2 aliphatic rings. The molecule has 8 heteroatoms. The third-order valence-corrected chi connectivity index (χ3v) is 10.4. The summed E-state index contributed by atoms with van der Waals surface area (Å²) >= 11 is 1.40. The number of benzene rings is 1. The Morgan fingerprint density at radius 3 is 2.44 bits per heavy atom. The van der Waals surface area contributed by atoms with Crippen molar-refractivity contribution in [3.05, 3.63) is 75.7 Å². The molecule has 4 heterocycles. The van der Waals surface area contributed by atoms with Gasteiger partial charge in [0.15, 0.2) is 5.82 Å². The fraction of sp³-hybridized carbons (Fsp3) is 0.486. The first kappa shape index (κ1) is 29.7. The molecule has 0 unspecified atom stereocenters. The van der Waals surface area contributed by atoms with Crippen LogP contribution in [0.1, 0.15) is 111 Å². The summed E-state index contributed by atoms with van der Waals surface area (Å²) in [6, 6.07) is 14.5. The zero-order valence-corrected chi connectivity index (χ0v) is 26.8. The molecule has 1 fully saturated rings.